The molecule has 2 heterocycles. The summed E-state index contributed by atoms with van der Waals surface area (Å²) in [5.41, 5.74) is 1.18. The highest BCUT2D eigenvalue weighted by Crippen LogP contribution is 2.24. The van der Waals surface area contributed by atoms with Gasteiger partial charge in [-0.05, 0) is 37.4 Å². The van der Waals surface area contributed by atoms with Gasteiger partial charge in [-0.15, -0.1) is 12.4 Å². The van der Waals surface area contributed by atoms with E-state index in [0.29, 0.717) is 6.61 Å². The zero-order valence-electron chi connectivity index (χ0n) is 11.4. The van der Waals surface area contributed by atoms with Gasteiger partial charge in [-0.2, -0.15) is 0 Å². The predicted molar refractivity (Wildman–Crippen MR) is 80.4 cm³/mol. The Balaban J connectivity index is 0.00000147. The third-order valence-corrected chi connectivity index (χ3v) is 3.89. The lowest BCUT2D eigenvalue weighted by Gasteiger charge is -2.29. The number of benzene rings is 1. The van der Waals surface area contributed by atoms with Crippen molar-refractivity contribution >= 4 is 18.3 Å². The van der Waals surface area contributed by atoms with Crippen LogP contribution in [0, 0.1) is 5.92 Å². The van der Waals surface area contributed by atoms with E-state index < -0.39 is 0 Å². The first-order chi connectivity index (χ1) is 9.33. The largest absolute Gasteiger partial charge is 0.491 e. The Kier molecular flexibility index (Phi) is 5.26. The molecule has 4 nitrogen and oxygen atoms in total. The summed E-state index contributed by atoms with van der Waals surface area (Å²) in [6.07, 6.45) is 2.94. The number of carbonyl (C=O) groups is 1. The number of rotatable bonds is 2. The van der Waals surface area contributed by atoms with Crippen LogP contribution in [0.2, 0.25) is 0 Å². The third-order valence-electron chi connectivity index (χ3n) is 3.89. The summed E-state index contributed by atoms with van der Waals surface area (Å²) >= 11 is 0. The second-order valence-electron chi connectivity index (χ2n) is 5.37. The van der Waals surface area contributed by atoms with Crippen LogP contribution < -0.4 is 15.4 Å². The van der Waals surface area contributed by atoms with Crippen molar-refractivity contribution in [2.75, 3.05) is 19.7 Å². The van der Waals surface area contributed by atoms with Crippen LogP contribution in [0.25, 0.3) is 0 Å². The van der Waals surface area contributed by atoms with E-state index in [-0.39, 0.29) is 30.3 Å². The molecule has 1 amide bonds. The molecule has 1 aromatic carbocycles. The lowest BCUT2D eigenvalue weighted by molar-refractivity contribution is -0.126. The fourth-order valence-corrected chi connectivity index (χ4v) is 2.82. The van der Waals surface area contributed by atoms with E-state index in [1.165, 1.54) is 5.56 Å². The molecule has 110 valence electrons. The molecule has 0 radical (unpaired) electrons. The first-order valence-electron chi connectivity index (χ1n) is 7.05. The van der Waals surface area contributed by atoms with Crippen LogP contribution in [0.5, 0.6) is 5.75 Å². The van der Waals surface area contributed by atoms with E-state index in [1.807, 2.05) is 18.2 Å². The summed E-state index contributed by atoms with van der Waals surface area (Å²) in [5, 5.41) is 6.40. The molecule has 0 aliphatic carbocycles. The smallest absolute Gasteiger partial charge is 0.224 e. The highest BCUT2D eigenvalue weighted by Gasteiger charge is 2.26. The average Bonchev–Trinajstić information content (AvgIpc) is 2.48. The van der Waals surface area contributed by atoms with E-state index >= 15 is 0 Å². The molecule has 3 rings (SSSR count). The summed E-state index contributed by atoms with van der Waals surface area (Å²) in [5.74, 6) is 1.23. The number of hydrogen-bond acceptors (Lipinski definition) is 3. The minimum absolute atomic E-state index is 0. The fraction of sp³-hybridized carbons (Fsp3) is 0.533. The normalized spacial score (nSPS) is 24.8. The number of fused-ring (bicyclic) bond motifs is 1. The maximum atomic E-state index is 12.2. The minimum atomic E-state index is 0. The molecule has 5 heteroatoms. The molecular weight excluding hydrogens is 276 g/mol. The molecule has 1 aromatic rings. The maximum absolute atomic E-state index is 12.2. The number of para-hydroxylation sites is 1. The second-order valence-corrected chi connectivity index (χ2v) is 5.37. The van der Waals surface area contributed by atoms with Gasteiger partial charge in [0.1, 0.15) is 12.4 Å². The fourth-order valence-electron chi connectivity index (χ4n) is 2.82. The summed E-state index contributed by atoms with van der Waals surface area (Å²) in [6, 6.07) is 8.14. The monoisotopic (exact) mass is 296 g/mol. The molecular formula is C15H21ClN2O2. The lowest BCUT2D eigenvalue weighted by atomic mass is 9.97. The molecule has 0 saturated carbocycles. The van der Waals surface area contributed by atoms with Gasteiger partial charge in [0.05, 0.1) is 12.0 Å². The number of halogens is 1. The number of nitrogens with one attached hydrogen (secondary N) is 2. The maximum Gasteiger partial charge on any atom is 0.224 e. The van der Waals surface area contributed by atoms with Crippen molar-refractivity contribution in [2.24, 2.45) is 5.92 Å². The summed E-state index contributed by atoms with van der Waals surface area (Å²) in [6.45, 7) is 2.41. The molecule has 2 aliphatic heterocycles. The standard InChI is InChI=1S/C15H20N2O2.ClH/c18-15(12-5-3-7-16-9-12)17-13-8-11-4-1-2-6-14(11)19-10-13;/h1-2,4,6,12-13,16H,3,5,7-10H2,(H,17,18);1H/t12-,13?;/m1./s1. The molecule has 0 spiro atoms. The average molecular weight is 297 g/mol. The molecule has 1 fully saturated rings. The van der Waals surface area contributed by atoms with Crippen LogP contribution >= 0.6 is 12.4 Å². The number of piperidine rings is 1. The Morgan fingerprint density at radius 1 is 1.35 bits per heavy atom. The van der Waals surface area contributed by atoms with Gasteiger partial charge in [0.25, 0.3) is 0 Å². The van der Waals surface area contributed by atoms with Crippen molar-refractivity contribution in [2.45, 2.75) is 25.3 Å². The highest BCUT2D eigenvalue weighted by atomic mass is 35.5. The van der Waals surface area contributed by atoms with Gasteiger partial charge in [-0.1, -0.05) is 18.2 Å². The van der Waals surface area contributed by atoms with Crippen LogP contribution in [-0.4, -0.2) is 31.6 Å². The Labute approximate surface area is 125 Å². The first-order valence-corrected chi connectivity index (χ1v) is 7.05. The Bertz CT molecular complexity index is 461. The Hall–Kier alpha value is -1.26. The van der Waals surface area contributed by atoms with Crippen molar-refractivity contribution in [3.63, 3.8) is 0 Å². The molecule has 0 bridgehead atoms. The van der Waals surface area contributed by atoms with Crippen molar-refractivity contribution in [1.82, 2.24) is 10.6 Å². The Morgan fingerprint density at radius 2 is 2.20 bits per heavy atom. The van der Waals surface area contributed by atoms with Crippen LogP contribution in [0.15, 0.2) is 24.3 Å². The van der Waals surface area contributed by atoms with Gasteiger partial charge in [-0.3, -0.25) is 4.79 Å². The van der Waals surface area contributed by atoms with Gasteiger partial charge < -0.3 is 15.4 Å². The number of amides is 1. The molecule has 0 aromatic heterocycles. The number of ether oxygens (including phenoxy) is 1. The zero-order valence-corrected chi connectivity index (χ0v) is 12.2. The topological polar surface area (TPSA) is 50.4 Å². The minimum Gasteiger partial charge on any atom is -0.491 e. The van der Waals surface area contributed by atoms with Gasteiger partial charge in [-0.25, -0.2) is 0 Å². The lowest BCUT2D eigenvalue weighted by Crippen LogP contribution is -2.48. The van der Waals surface area contributed by atoms with E-state index in [2.05, 4.69) is 16.7 Å². The summed E-state index contributed by atoms with van der Waals surface area (Å²) in [4.78, 5) is 12.2. The molecule has 2 aliphatic rings. The van der Waals surface area contributed by atoms with E-state index in [9.17, 15) is 4.79 Å². The van der Waals surface area contributed by atoms with Crippen molar-refractivity contribution in [1.29, 1.82) is 0 Å². The van der Waals surface area contributed by atoms with Gasteiger partial charge in [0.15, 0.2) is 0 Å². The van der Waals surface area contributed by atoms with Gasteiger partial charge in [0.2, 0.25) is 5.91 Å². The molecule has 2 atom stereocenters. The van der Waals surface area contributed by atoms with Gasteiger partial charge >= 0.3 is 0 Å². The van der Waals surface area contributed by atoms with Crippen molar-refractivity contribution in [3.8, 4) is 5.75 Å². The van der Waals surface area contributed by atoms with E-state index in [1.54, 1.807) is 0 Å². The number of hydrogen-bond donors (Lipinski definition) is 2. The van der Waals surface area contributed by atoms with E-state index in [4.69, 9.17) is 4.74 Å². The SMILES string of the molecule is Cl.O=C(NC1COc2ccccc2C1)[C@@H]1CCCNC1. The summed E-state index contributed by atoms with van der Waals surface area (Å²) in [7, 11) is 0. The van der Waals surface area contributed by atoms with Crippen LogP contribution in [0.4, 0.5) is 0 Å². The number of carbonyl (C=O) groups excluding carboxylic acids is 1. The first kappa shape index (κ1) is 15.1. The van der Waals surface area contributed by atoms with Crippen LogP contribution in [0.3, 0.4) is 0 Å². The van der Waals surface area contributed by atoms with Crippen LogP contribution in [0.1, 0.15) is 18.4 Å². The van der Waals surface area contributed by atoms with Gasteiger partial charge in [0, 0.05) is 6.54 Å². The molecule has 1 saturated heterocycles. The zero-order chi connectivity index (χ0) is 13.1. The molecule has 1 unspecified atom stereocenters. The highest BCUT2D eigenvalue weighted by molar-refractivity contribution is 5.85. The summed E-state index contributed by atoms with van der Waals surface area (Å²) < 4.78 is 5.69. The predicted octanol–water partition coefficient (Wildman–Crippen LogP) is 1.53. The second kappa shape index (κ2) is 6.95. The van der Waals surface area contributed by atoms with Crippen LogP contribution in [-0.2, 0) is 11.2 Å². The Morgan fingerprint density at radius 3 is 3.00 bits per heavy atom. The quantitative estimate of drug-likeness (QED) is 0.870. The third kappa shape index (κ3) is 3.44. The van der Waals surface area contributed by atoms with Crippen molar-refractivity contribution < 1.29 is 9.53 Å². The molecule has 2 N–H and O–H groups in total. The van der Waals surface area contributed by atoms with Crippen molar-refractivity contribution in [3.05, 3.63) is 29.8 Å². The van der Waals surface area contributed by atoms with E-state index in [0.717, 1.165) is 38.1 Å². The molecule has 20 heavy (non-hydrogen) atoms.